The van der Waals surface area contributed by atoms with Gasteiger partial charge in [0.25, 0.3) is 0 Å². The maximum Gasteiger partial charge on any atom is 0.229 e. The topological polar surface area (TPSA) is 92.1 Å². The number of hydrogen-bond donors (Lipinski definition) is 1. The summed E-state index contributed by atoms with van der Waals surface area (Å²) in [7, 11) is -3.31. The van der Waals surface area contributed by atoms with Crippen molar-refractivity contribution in [2.24, 2.45) is 0 Å². The molecule has 6 nitrogen and oxygen atoms in total. The summed E-state index contributed by atoms with van der Waals surface area (Å²) in [4.78, 5) is 4.21. The van der Waals surface area contributed by atoms with E-state index in [2.05, 4.69) is 9.71 Å². The molecule has 0 aliphatic carbocycles. The number of benzene rings is 1. The highest BCUT2D eigenvalue weighted by Gasteiger charge is 2.08. The van der Waals surface area contributed by atoms with Crippen molar-refractivity contribution >= 4 is 15.7 Å². The second-order valence-corrected chi connectivity index (χ2v) is 6.60. The van der Waals surface area contributed by atoms with Crippen molar-refractivity contribution in [2.75, 3.05) is 11.0 Å². The first-order valence-corrected chi connectivity index (χ1v) is 8.31. The van der Waals surface area contributed by atoms with Crippen LogP contribution >= 0.6 is 0 Å². The van der Waals surface area contributed by atoms with Crippen molar-refractivity contribution in [3.05, 3.63) is 47.2 Å². The number of anilines is 1. The van der Waals surface area contributed by atoms with Crippen molar-refractivity contribution in [3.63, 3.8) is 0 Å². The van der Waals surface area contributed by atoms with E-state index in [0.717, 1.165) is 11.8 Å². The van der Waals surface area contributed by atoms with Gasteiger partial charge in [-0.2, -0.15) is 5.26 Å². The van der Waals surface area contributed by atoms with Gasteiger partial charge in [0.2, 0.25) is 15.9 Å². The number of nitrogens with zero attached hydrogens (tertiary/aromatic N) is 2. The molecule has 0 radical (unpaired) electrons. The lowest BCUT2D eigenvalue weighted by molar-refractivity contribution is 0.458. The molecule has 114 valence electrons. The minimum atomic E-state index is -3.31. The molecular weight excluding hydrogens is 302 g/mol. The summed E-state index contributed by atoms with van der Waals surface area (Å²) >= 11 is 0. The van der Waals surface area contributed by atoms with E-state index >= 15 is 0 Å². The van der Waals surface area contributed by atoms with Crippen molar-refractivity contribution in [1.29, 1.82) is 5.26 Å². The average Bonchev–Trinajstić information content (AvgIpc) is 2.40. The summed E-state index contributed by atoms with van der Waals surface area (Å²) in [5, 5.41) is 8.88. The second kappa shape index (κ2) is 6.03. The van der Waals surface area contributed by atoms with Crippen LogP contribution in [-0.4, -0.2) is 19.7 Å². The van der Waals surface area contributed by atoms with Gasteiger partial charge in [0.1, 0.15) is 11.8 Å². The Morgan fingerprint density at radius 3 is 2.50 bits per heavy atom. The Kier molecular flexibility index (Phi) is 4.33. The molecule has 0 saturated carbocycles. The Morgan fingerprint density at radius 1 is 1.23 bits per heavy atom. The lowest BCUT2D eigenvalue weighted by Crippen LogP contribution is -2.09. The zero-order valence-corrected chi connectivity index (χ0v) is 13.2. The standard InChI is InChI=1S/C15H15N3O3S/c1-10-8-13(18-22(3,19)20)5-6-14(10)21-15-7-4-12(9-16)11(2)17-15/h4-8,18H,1-3H3. The molecule has 0 saturated heterocycles. The van der Waals surface area contributed by atoms with Crippen LogP contribution in [0.2, 0.25) is 0 Å². The van der Waals surface area contributed by atoms with E-state index < -0.39 is 10.0 Å². The number of aryl methyl sites for hydroxylation is 2. The zero-order valence-electron chi connectivity index (χ0n) is 12.4. The van der Waals surface area contributed by atoms with Gasteiger partial charge in [-0.3, -0.25) is 4.72 Å². The van der Waals surface area contributed by atoms with Gasteiger partial charge >= 0.3 is 0 Å². The van der Waals surface area contributed by atoms with E-state index in [-0.39, 0.29) is 0 Å². The van der Waals surface area contributed by atoms with Gasteiger partial charge < -0.3 is 4.74 Å². The van der Waals surface area contributed by atoms with E-state index in [1.165, 1.54) is 0 Å². The van der Waals surface area contributed by atoms with Gasteiger partial charge in [-0.15, -0.1) is 0 Å². The Hall–Kier alpha value is -2.59. The molecule has 0 bridgehead atoms. The number of pyridine rings is 1. The van der Waals surface area contributed by atoms with Crippen molar-refractivity contribution < 1.29 is 13.2 Å². The quantitative estimate of drug-likeness (QED) is 0.936. The van der Waals surface area contributed by atoms with Crippen LogP contribution in [0, 0.1) is 25.2 Å². The molecule has 0 unspecified atom stereocenters. The summed E-state index contributed by atoms with van der Waals surface area (Å²) in [6.07, 6.45) is 1.09. The summed E-state index contributed by atoms with van der Waals surface area (Å²) < 4.78 is 30.5. The molecule has 1 N–H and O–H groups in total. The predicted molar refractivity (Wildman–Crippen MR) is 83.4 cm³/mol. The minimum Gasteiger partial charge on any atom is -0.439 e. The molecule has 2 aromatic rings. The molecule has 7 heteroatoms. The first kappa shape index (κ1) is 15.8. The Morgan fingerprint density at radius 2 is 1.95 bits per heavy atom. The Labute approximate surface area is 129 Å². The molecule has 22 heavy (non-hydrogen) atoms. The van der Waals surface area contributed by atoms with E-state index in [1.54, 1.807) is 44.2 Å². The van der Waals surface area contributed by atoms with Crippen LogP contribution in [0.25, 0.3) is 0 Å². The van der Waals surface area contributed by atoms with Gasteiger partial charge in [-0.05, 0) is 43.7 Å². The SMILES string of the molecule is Cc1cc(NS(C)(=O)=O)ccc1Oc1ccc(C#N)c(C)n1. The van der Waals surface area contributed by atoms with Crippen LogP contribution in [0.15, 0.2) is 30.3 Å². The maximum absolute atomic E-state index is 11.2. The van der Waals surface area contributed by atoms with E-state index in [1.807, 2.05) is 6.07 Å². The molecular formula is C15H15N3O3S. The lowest BCUT2D eigenvalue weighted by atomic mass is 10.2. The van der Waals surface area contributed by atoms with Gasteiger partial charge in [0.15, 0.2) is 0 Å². The molecule has 0 fully saturated rings. The minimum absolute atomic E-state index is 0.378. The molecule has 0 aliphatic heterocycles. The first-order chi connectivity index (χ1) is 10.3. The van der Waals surface area contributed by atoms with Crippen molar-refractivity contribution in [3.8, 4) is 17.7 Å². The van der Waals surface area contributed by atoms with E-state index in [9.17, 15) is 8.42 Å². The summed E-state index contributed by atoms with van der Waals surface area (Å²) in [6, 6.07) is 10.3. The van der Waals surface area contributed by atoms with Gasteiger partial charge in [-0.25, -0.2) is 13.4 Å². The number of nitrogens with one attached hydrogen (secondary N) is 1. The van der Waals surface area contributed by atoms with Crippen LogP contribution < -0.4 is 9.46 Å². The highest BCUT2D eigenvalue weighted by atomic mass is 32.2. The van der Waals surface area contributed by atoms with Gasteiger partial charge in [-0.1, -0.05) is 0 Å². The smallest absolute Gasteiger partial charge is 0.229 e. The number of aromatic nitrogens is 1. The Bertz CT molecular complexity index is 855. The van der Waals surface area contributed by atoms with Crippen molar-refractivity contribution in [1.82, 2.24) is 4.98 Å². The molecule has 0 aliphatic rings. The monoisotopic (exact) mass is 317 g/mol. The maximum atomic E-state index is 11.2. The number of nitriles is 1. The highest BCUT2D eigenvalue weighted by Crippen LogP contribution is 2.27. The first-order valence-electron chi connectivity index (χ1n) is 6.42. The predicted octanol–water partition coefficient (Wildman–Crippen LogP) is 2.73. The van der Waals surface area contributed by atoms with Gasteiger partial charge in [0, 0.05) is 11.8 Å². The fourth-order valence-corrected chi connectivity index (χ4v) is 2.42. The molecule has 1 heterocycles. The van der Waals surface area contributed by atoms with Crippen LogP contribution in [0.3, 0.4) is 0 Å². The third kappa shape index (κ3) is 3.96. The fraction of sp³-hybridized carbons (Fsp3) is 0.200. The van der Waals surface area contributed by atoms with E-state index in [4.69, 9.17) is 10.00 Å². The van der Waals surface area contributed by atoms with Crippen LogP contribution in [0.1, 0.15) is 16.8 Å². The molecule has 0 atom stereocenters. The highest BCUT2D eigenvalue weighted by molar-refractivity contribution is 7.92. The number of rotatable bonds is 4. The lowest BCUT2D eigenvalue weighted by Gasteiger charge is -2.11. The normalized spacial score (nSPS) is 10.8. The van der Waals surface area contributed by atoms with E-state index in [0.29, 0.717) is 28.6 Å². The third-order valence-corrected chi connectivity index (χ3v) is 3.48. The van der Waals surface area contributed by atoms with Crippen LogP contribution in [0.4, 0.5) is 5.69 Å². The third-order valence-electron chi connectivity index (χ3n) is 2.87. The van der Waals surface area contributed by atoms with Gasteiger partial charge in [0.05, 0.1) is 17.5 Å². The summed E-state index contributed by atoms with van der Waals surface area (Å²) in [5.74, 6) is 0.944. The van der Waals surface area contributed by atoms with Crippen LogP contribution in [-0.2, 0) is 10.0 Å². The number of ether oxygens (including phenoxy) is 1. The molecule has 1 aromatic heterocycles. The Balaban J connectivity index is 2.24. The summed E-state index contributed by atoms with van der Waals surface area (Å²) in [5.41, 5.74) is 2.32. The zero-order chi connectivity index (χ0) is 16.3. The summed E-state index contributed by atoms with van der Waals surface area (Å²) in [6.45, 7) is 3.54. The molecule has 0 amide bonds. The largest absolute Gasteiger partial charge is 0.439 e. The fourth-order valence-electron chi connectivity index (χ4n) is 1.87. The van der Waals surface area contributed by atoms with Crippen molar-refractivity contribution in [2.45, 2.75) is 13.8 Å². The molecule has 1 aromatic carbocycles. The molecule has 0 spiro atoms. The molecule has 2 rings (SSSR count). The number of hydrogen-bond acceptors (Lipinski definition) is 5. The number of sulfonamides is 1. The second-order valence-electron chi connectivity index (χ2n) is 4.85. The average molecular weight is 317 g/mol. The van der Waals surface area contributed by atoms with Crippen LogP contribution in [0.5, 0.6) is 11.6 Å².